The smallest absolute Gasteiger partial charge is 0.225 e. The van der Waals surface area contributed by atoms with Gasteiger partial charge in [-0.3, -0.25) is 4.79 Å². The van der Waals surface area contributed by atoms with Gasteiger partial charge < -0.3 is 9.64 Å². The van der Waals surface area contributed by atoms with E-state index >= 15 is 0 Å². The molecule has 3 nitrogen and oxygen atoms in total. The molecule has 1 saturated heterocycles. The lowest BCUT2D eigenvalue weighted by Crippen LogP contribution is -2.59. The van der Waals surface area contributed by atoms with Crippen molar-refractivity contribution in [2.75, 3.05) is 13.1 Å². The van der Waals surface area contributed by atoms with Gasteiger partial charge in [0.1, 0.15) is 0 Å². The normalized spacial score (nSPS) is 40.4. The van der Waals surface area contributed by atoms with Crippen LogP contribution in [0.3, 0.4) is 0 Å². The van der Waals surface area contributed by atoms with E-state index in [1.807, 2.05) is 0 Å². The summed E-state index contributed by atoms with van der Waals surface area (Å²) in [4.78, 5) is 14.7. The van der Waals surface area contributed by atoms with Gasteiger partial charge in [-0.25, -0.2) is 0 Å². The number of nitrogens with zero attached hydrogens (tertiary/aromatic N) is 1. The lowest BCUT2D eigenvalue weighted by Gasteiger charge is -2.47. The van der Waals surface area contributed by atoms with Crippen molar-refractivity contribution in [3.63, 3.8) is 0 Å². The number of carbonyl (C=O) groups is 1. The summed E-state index contributed by atoms with van der Waals surface area (Å²) in [5.74, 6) is 2.44. The van der Waals surface area contributed by atoms with E-state index in [0.717, 1.165) is 37.8 Å². The first-order chi connectivity index (χ1) is 8.26. The summed E-state index contributed by atoms with van der Waals surface area (Å²) < 4.78 is 6.04. The zero-order valence-corrected chi connectivity index (χ0v) is 12.0. The Morgan fingerprint density at radius 3 is 2.00 bits per heavy atom. The van der Waals surface area contributed by atoms with Gasteiger partial charge in [0.15, 0.2) is 0 Å². The first-order valence-corrected chi connectivity index (χ1v) is 7.25. The molecule has 0 aromatic heterocycles. The molecule has 2 unspecified atom stereocenters. The molecule has 1 amide bonds. The summed E-state index contributed by atoms with van der Waals surface area (Å²) in [5.41, 5.74) is -0.447. The van der Waals surface area contributed by atoms with E-state index in [0.29, 0.717) is 11.8 Å². The highest BCUT2D eigenvalue weighted by molar-refractivity contribution is 5.79. The Balaban J connectivity index is 1.69. The highest BCUT2D eigenvalue weighted by Gasteiger charge is 2.50. The molecule has 102 valence electrons. The second-order valence-electron chi connectivity index (χ2n) is 7.74. The molecular weight excluding hydrogens is 226 g/mol. The molecule has 0 radical (unpaired) electrons. The van der Waals surface area contributed by atoms with E-state index in [-0.39, 0.29) is 11.2 Å². The highest BCUT2D eigenvalue weighted by Crippen LogP contribution is 2.54. The van der Waals surface area contributed by atoms with Crippen molar-refractivity contribution in [1.29, 1.82) is 0 Å². The molecule has 2 saturated carbocycles. The Labute approximate surface area is 110 Å². The Kier molecular flexibility index (Phi) is 2.58. The van der Waals surface area contributed by atoms with Gasteiger partial charge >= 0.3 is 0 Å². The Morgan fingerprint density at radius 2 is 1.50 bits per heavy atom. The van der Waals surface area contributed by atoms with Crippen LogP contribution in [0.15, 0.2) is 0 Å². The quantitative estimate of drug-likeness (QED) is 0.716. The van der Waals surface area contributed by atoms with E-state index in [4.69, 9.17) is 4.74 Å². The summed E-state index contributed by atoms with van der Waals surface area (Å²) in [7, 11) is 0. The first-order valence-electron chi connectivity index (χ1n) is 7.25. The maximum absolute atomic E-state index is 12.6. The number of fused-ring (bicyclic) bond motifs is 1. The van der Waals surface area contributed by atoms with Gasteiger partial charge in [0, 0.05) is 19.0 Å². The van der Waals surface area contributed by atoms with E-state index in [1.54, 1.807) is 0 Å². The highest BCUT2D eigenvalue weighted by atomic mass is 16.5. The number of carbonyl (C=O) groups excluding carboxylic acids is 1. The standard InChI is InChI=1S/C15H25NO2/c1-14(2)8-16(9-15(3,4)18-14)13(17)12-6-10-5-11(10)7-12/h10-12H,5-9H2,1-4H3. The fourth-order valence-electron chi connectivity index (χ4n) is 4.12. The summed E-state index contributed by atoms with van der Waals surface area (Å²) in [6.45, 7) is 9.81. The summed E-state index contributed by atoms with van der Waals surface area (Å²) in [6.07, 6.45) is 3.66. The largest absolute Gasteiger partial charge is 0.366 e. The molecule has 3 aliphatic rings. The number of amides is 1. The molecule has 1 heterocycles. The van der Waals surface area contributed by atoms with Crippen molar-refractivity contribution in [1.82, 2.24) is 4.90 Å². The average molecular weight is 251 g/mol. The molecule has 2 atom stereocenters. The van der Waals surface area contributed by atoms with Gasteiger partial charge in [-0.05, 0) is 58.8 Å². The number of morpholine rings is 1. The summed E-state index contributed by atoms with van der Waals surface area (Å²) in [6, 6.07) is 0. The summed E-state index contributed by atoms with van der Waals surface area (Å²) in [5, 5.41) is 0. The molecule has 3 rings (SSSR count). The van der Waals surface area contributed by atoms with Crippen LogP contribution in [0.4, 0.5) is 0 Å². The van der Waals surface area contributed by atoms with Gasteiger partial charge in [0.25, 0.3) is 0 Å². The minimum atomic E-state index is -0.223. The zero-order valence-electron chi connectivity index (χ0n) is 12.0. The third-order valence-electron chi connectivity index (χ3n) is 4.60. The zero-order chi connectivity index (χ0) is 13.1. The lowest BCUT2D eigenvalue weighted by molar-refractivity contribution is -0.190. The average Bonchev–Trinajstić information content (AvgIpc) is 2.80. The van der Waals surface area contributed by atoms with Crippen LogP contribution in [0.5, 0.6) is 0 Å². The molecular formula is C15H25NO2. The molecule has 3 heteroatoms. The van der Waals surface area contributed by atoms with Crippen molar-refractivity contribution in [2.24, 2.45) is 17.8 Å². The van der Waals surface area contributed by atoms with Crippen LogP contribution in [0.2, 0.25) is 0 Å². The van der Waals surface area contributed by atoms with Crippen LogP contribution < -0.4 is 0 Å². The van der Waals surface area contributed by atoms with E-state index in [9.17, 15) is 4.79 Å². The predicted octanol–water partition coefficient (Wildman–Crippen LogP) is 2.45. The van der Waals surface area contributed by atoms with Gasteiger partial charge in [0.2, 0.25) is 5.91 Å². The van der Waals surface area contributed by atoms with E-state index < -0.39 is 0 Å². The Morgan fingerprint density at radius 1 is 1.00 bits per heavy atom. The number of hydrogen-bond donors (Lipinski definition) is 0. The third kappa shape index (κ3) is 2.29. The predicted molar refractivity (Wildman–Crippen MR) is 70.1 cm³/mol. The molecule has 0 bridgehead atoms. The van der Waals surface area contributed by atoms with Crippen LogP contribution in [0.25, 0.3) is 0 Å². The molecule has 0 aromatic carbocycles. The second kappa shape index (κ2) is 3.72. The molecule has 0 aromatic rings. The molecule has 0 spiro atoms. The second-order valence-corrected chi connectivity index (χ2v) is 7.74. The SMILES string of the molecule is CC1(C)CN(C(=O)C2CC3CC3C2)CC(C)(C)O1. The molecule has 0 N–H and O–H groups in total. The van der Waals surface area contributed by atoms with Crippen LogP contribution in [-0.4, -0.2) is 35.1 Å². The molecule has 3 fully saturated rings. The van der Waals surface area contributed by atoms with Crippen molar-refractivity contribution < 1.29 is 9.53 Å². The Bertz CT molecular complexity index is 349. The summed E-state index contributed by atoms with van der Waals surface area (Å²) >= 11 is 0. The lowest BCUT2D eigenvalue weighted by atomic mass is 9.95. The molecule has 1 aliphatic heterocycles. The van der Waals surface area contributed by atoms with Gasteiger partial charge in [-0.15, -0.1) is 0 Å². The fraction of sp³-hybridized carbons (Fsp3) is 0.933. The number of ether oxygens (including phenoxy) is 1. The topological polar surface area (TPSA) is 29.5 Å². The maximum atomic E-state index is 12.6. The molecule has 2 aliphatic carbocycles. The third-order valence-corrected chi connectivity index (χ3v) is 4.60. The molecule has 18 heavy (non-hydrogen) atoms. The van der Waals surface area contributed by atoms with Crippen molar-refractivity contribution in [3.8, 4) is 0 Å². The first kappa shape index (κ1) is 12.5. The van der Waals surface area contributed by atoms with Crippen LogP contribution in [-0.2, 0) is 9.53 Å². The van der Waals surface area contributed by atoms with Crippen LogP contribution >= 0.6 is 0 Å². The van der Waals surface area contributed by atoms with Gasteiger partial charge in [0.05, 0.1) is 11.2 Å². The minimum absolute atomic E-state index is 0.223. The van der Waals surface area contributed by atoms with Gasteiger partial charge in [-0.1, -0.05) is 0 Å². The van der Waals surface area contributed by atoms with E-state index in [2.05, 4.69) is 32.6 Å². The van der Waals surface area contributed by atoms with Gasteiger partial charge in [-0.2, -0.15) is 0 Å². The monoisotopic (exact) mass is 251 g/mol. The minimum Gasteiger partial charge on any atom is -0.366 e. The number of rotatable bonds is 1. The fourth-order valence-corrected chi connectivity index (χ4v) is 4.12. The number of hydrogen-bond acceptors (Lipinski definition) is 2. The van der Waals surface area contributed by atoms with Crippen molar-refractivity contribution >= 4 is 5.91 Å². The Hall–Kier alpha value is -0.570. The maximum Gasteiger partial charge on any atom is 0.225 e. The van der Waals surface area contributed by atoms with Crippen molar-refractivity contribution in [3.05, 3.63) is 0 Å². The van der Waals surface area contributed by atoms with Crippen LogP contribution in [0.1, 0.15) is 47.0 Å². The van der Waals surface area contributed by atoms with Crippen LogP contribution in [0, 0.1) is 17.8 Å². The van der Waals surface area contributed by atoms with E-state index in [1.165, 1.54) is 6.42 Å². The van der Waals surface area contributed by atoms with Crippen molar-refractivity contribution in [2.45, 2.75) is 58.2 Å².